The van der Waals surface area contributed by atoms with Crippen LogP contribution in [-0.4, -0.2) is 38.1 Å². The number of rotatable bonds is 2. The summed E-state index contributed by atoms with van der Waals surface area (Å²) in [7, 11) is -3.29. The topological polar surface area (TPSA) is 54.5 Å². The molecule has 0 N–H and O–H groups in total. The highest BCUT2D eigenvalue weighted by Crippen LogP contribution is 2.35. The molecule has 1 atom stereocenters. The van der Waals surface area contributed by atoms with Gasteiger partial charge in [-0.3, -0.25) is 4.79 Å². The lowest BCUT2D eigenvalue weighted by molar-refractivity contribution is -0.137. The highest BCUT2D eigenvalue weighted by molar-refractivity contribution is 7.91. The summed E-state index contributed by atoms with van der Waals surface area (Å²) in [5.74, 6) is 0.252. The maximum Gasteiger partial charge on any atom is 0.225 e. The molecule has 3 rings (SSSR count). The van der Waals surface area contributed by atoms with Crippen LogP contribution in [0.25, 0.3) is 0 Å². The first-order valence-electron chi connectivity index (χ1n) is 7.74. The smallest absolute Gasteiger partial charge is 0.225 e. The van der Waals surface area contributed by atoms with Gasteiger partial charge >= 0.3 is 0 Å². The molecule has 0 spiro atoms. The fourth-order valence-electron chi connectivity index (χ4n) is 3.16. The molecule has 1 aliphatic carbocycles. The average Bonchev–Trinajstić information content (AvgIpc) is 2.56. The van der Waals surface area contributed by atoms with Crippen molar-refractivity contribution in [2.24, 2.45) is 5.92 Å². The molecule has 1 aromatic rings. The van der Waals surface area contributed by atoms with Crippen LogP contribution < -0.4 is 0 Å². The second-order valence-electron chi connectivity index (χ2n) is 6.12. The fourth-order valence-corrected chi connectivity index (χ4v) is 5.31. The van der Waals surface area contributed by atoms with Crippen LogP contribution in [-0.2, 0) is 14.6 Å². The highest BCUT2D eigenvalue weighted by Gasteiger charge is 2.36. The van der Waals surface area contributed by atoms with E-state index in [1.165, 1.54) is 0 Å². The van der Waals surface area contributed by atoms with Crippen LogP contribution in [0.3, 0.4) is 0 Å². The van der Waals surface area contributed by atoms with Crippen molar-refractivity contribution >= 4 is 27.3 Å². The summed E-state index contributed by atoms with van der Waals surface area (Å²) in [6, 6.07) is 7.09. The second-order valence-corrected chi connectivity index (χ2v) is 8.83. The largest absolute Gasteiger partial charge is 0.341 e. The lowest BCUT2D eigenvalue weighted by atomic mass is 9.84. The predicted octanol–water partition coefficient (Wildman–Crippen LogP) is 2.83. The lowest BCUT2D eigenvalue weighted by Gasteiger charge is -2.30. The van der Waals surface area contributed by atoms with Gasteiger partial charge in [0.05, 0.1) is 11.0 Å². The number of benzene rings is 1. The molecular formula is C16H20ClNO3S. The molecule has 0 radical (unpaired) electrons. The van der Waals surface area contributed by atoms with E-state index in [0.29, 0.717) is 30.1 Å². The van der Waals surface area contributed by atoms with Gasteiger partial charge in [-0.2, -0.15) is 0 Å². The minimum Gasteiger partial charge on any atom is -0.341 e. The van der Waals surface area contributed by atoms with Crippen LogP contribution in [0.15, 0.2) is 24.3 Å². The first-order chi connectivity index (χ1) is 10.5. The SMILES string of the molecule is O=C(C1CCC1)N1CCC(c2ccccc2Cl)S(=O)(=O)CC1. The first-order valence-corrected chi connectivity index (χ1v) is 9.83. The second kappa shape index (κ2) is 6.20. The Hall–Kier alpha value is -1.07. The van der Waals surface area contributed by atoms with E-state index in [9.17, 15) is 13.2 Å². The minimum atomic E-state index is -3.29. The van der Waals surface area contributed by atoms with E-state index in [1.54, 1.807) is 29.2 Å². The number of carbonyl (C=O) groups is 1. The number of hydrogen-bond donors (Lipinski definition) is 0. The monoisotopic (exact) mass is 341 g/mol. The van der Waals surface area contributed by atoms with Crippen molar-refractivity contribution in [3.63, 3.8) is 0 Å². The van der Waals surface area contributed by atoms with E-state index in [1.807, 2.05) is 0 Å². The number of nitrogens with zero attached hydrogens (tertiary/aromatic N) is 1. The normalized spacial score (nSPS) is 25.3. The van der Waals surface area contributed by atoms with Gasteiger partial charge in [-0.05, 0) is 30.9 Å². The zero-order valence-corrected chi connectivity index (χ0v) is 13.9. The summed E-state index contributed by atoms with van der Waals surface area (Å²) < 4.78 is 25.2. The third-order valence-electron chi connectivity index (χ3n) is 4.76. The van der Waals surface area contributed by atoms with Crippen LogP contribution in [0.2, 0.25) is 5.02 Å². The van der Waals surface area contributed by atoms with Crippen LogP contribution in [0, 0.1) is 5.92 Å². The van der Waals surface area contributed by atoms with Gasteiger partial charge in [-0.25, -0.2) is 8.42 Å². The zero-order chi connectivity index (χ0) is 15.7. The molecule has 120 valence electrons. The maximum absolute atomic E-state index is 12.6. The molecule has 0 bridgehead atoms. The van der Waals surface area contributed by atoms with E-state index < -0.39 is 15.1 Å². The van der Waals surface area contributed by atoms with Crippen molar-refractivity contribution in [3.8, 4) is 0 Å². The van der Waals surface area contributed by atoms with Gasteiger partial charge in [-0.1, -0.05) is 36.2 Å². The molecule has 2 aliphatic rings. The molecule has 6 heteroatoms. The first kappa shape index (κ1) is 15.8. The molecule has 1 saturated heterocycles. The predicted molar refractivity (Wildman–Crippen MR) is 86.5 cm³/mol. The number of hydrogen-bond acceptors (Lipinski definition) is 3. The van der Waals surface area contributed by atoms with Crippen molar-refractivity contribution in [3.05, 3.63) is 34.9 Å². The van der Waals surface area contributed by atoms with E-state index in [2.05, 4.69) is 0 Å². The molecular weight excluding hydrogens is 322 g/mol. The van der Waals surface area contributed by atoms with Crippen molar-refractivity contribution in [1.29, 1.82) is 0 Å². The van der Waals surface area contributed by atoms with Crippen LogP contribution in [0.5, 0.6) is 0 Å². The van der Waals surface area contributed by atoms with Gasteiger partial charge in [-0.15, -0.1) is 0 Å². The van der Waals surface area contributed by atoms with E-state index >= 15 is 0 Å². The van der Waals surface area contributed by atoms with Crippen molar-refractivity contribution in [1.82, 2.24) is 4.90 Å². The number of amides is 1. The molecule has 22 heavy (non-hydrogen) atoms. The third kappa shape index (κ3) is 3.01. The van der Waals surface area contributed by atoms with E-state index in [-0.39, 0.29) is 17.6 Å². The van der Waals surface area contributed by atoms with Gasteiger partial charge in [0.2, 0.25) is 5.91 Å². The number of sulfone groups is 1. The van der Waals surface area contributed by atoms with Crippen molar-refractivity contribution in [2.45, 2.75) is 30.9 Å². The van der Waals surface area contributed by atoms with Gasteiger partial charge in [0.25, 0.3) is 0 Å². The van der Waals surface area contributed by atoms with Gasteiger partial charge in [0.1, 0.15) is 0 Å². The molecule has 0 aromatic heterocycles. The molecule has 4 nitrogen and oxygen atoms in total. The summed E-state index contributed by atoms with van der Waals surface area (Å²) in [4.78, 5) is 14.1. The zero-order valence-electron chi connectivity index (χ0n) is 12.4. The Morgan fingerprint density at radius 1 is 1.14 bits per heavy atom. The third-order valence-corrected chi connectivity index (χ3v) is 7.21. The number of halogens is 1. The highest BCUT2D eigenvalue weighted by atomic mass is 35.5. The van der Waals surface area contributed by atoms with Crippen molar-refractivity contribution in [2.75, 3.05) is 18.8 Å². The Balaban J connectivity index is 1.81. The summed E-state index contributed by atoms with van der Waals surface area (Å²) in [5, 5.41) is -0.129. The standard InChI is InChI=1S/C16H20ClNO3S/c17-14-7-2-1-6-13(14)15-8-9-18(10-11-22(15,20)21)16(19)12-4-3-5-12/h1-2,6-7,12,15H,3-5,8-11H2. The molecule has 1 aromatic carbocycles. The number of carbonyl (C=O) groups excluding carboxylic acids is 1. The Morgan fingerprint density at radius 3 is 2.50 bits per heavy atom. The van der Waals surface area contributed by atoms with Gasteiger partial charge < -0.3 is 4.90 Å². The molecule has 2 fully saturated rings. The molecule has 1 amide bonds. The summed E-state index contributed by atoms with van der Waals surface area (Å²) in [6.45, 7) is 0.795. The lowest BCUT2D eigenvalue weighted by Crippen LogP contribution is -2.40. The molecule has 1 unspecified atom stereocenters. The fraction of sp³-hybridized carbons (Fsp3) is 0.562. The maximum atomic E-state index is 12.6. The Bertz CT molecular complexity index is 670. The Morgan fingerprint density at radius 2 is 1.86 bits per heavy atom. The van der Waals surface area contributed by atoms with Gasteiger partial charge in [0, 0.05) is 24.0 Å². The van der Waals surface area contributed by atoms with Crippen LogP contribution >= 0.6 is 11.6 Å². The van der Waals surface area contributed by atoms with Crippen molar-refractivity contribution < 1.29 is 13.2 Å². The summed E-state index contributed by atoms with van der Waals surface area (Å²) >= 11 is 6.17. The minimum absolute atomic E-state index is 0.0152. The van der Waals surface area contributed by atoms with Crippen LogP contribution in [0.1, 0.15) is 36.5 Å². The average molecular weight is 342 g/mol. The molecule has 1 aliphatic heterocycles. The Labute approximate surface area is 136 Å². The van der Waals surface area contributed by atoms with Crippen LogP contribution in [0.4, 0.5) is 0 Å². The molecule has 1 saturated carbocycles. The van der Waals surface area contributed by atoms with E-state index in [0.717, 1.165) is 19.3 Å². The quantitative estimate of drug-likeness (QED) is 0.831. The summed E-state index contributed by atoms with van der Waals surface area (Å²) in [5.41, 5.74) is 0.655. The van der Waals surface area contributed by atoms with Gasteiger partial charge in [0.15, 0.2) is 9.84 Å². The van der Waals surface area contributed by atoms with E-state index in [4.69, 9.17) is 11.6 Å². The summed E-state index contributed by atoms with van der Waals surface area (Å²) in [6.07, 6.45) is 3.40. The molecule has 1 heterocycles. The Kier molecular flexibility index (Phi) is 4.46.